The van der Waals surface area contributed by atoms with Gasteiger partial charge >= 0.3 is 0 Å². The van der Waals surface area contributed by atoms with Crippen molar-refractivity contribution in [3.8, 4) is 0 Å². The zero-order valence-corrected chi connectivity index (χ0v) is 16.6. The van der Waals surface area contributed by atoms with Crippen molar-refractivity contribution in [1.82, 2.24) is 12.3 Å². The molecule has 0 heterocycles. The molecule has 0 spiro atoms. The maximum Gasteiger partial charge on any atom is -0.0533 e. The van der Waals surface area contributed by atoms with E-state index in [2.05, 4.69) is 6.92 Å². The molecule has 140 valence electrons. The van der Waals surface area contributed by atoms with E-state index in [1.54, 1.807) is 0 Å². The normalized spacial score (nSPS) is 9.55. The molecule has 0 saturated heterocycles. The summed E-state index contributed by atoms with van der Waals surface area (Å²) >= 11 is 0. The van der Waals surface area contributed by atoms with E-state index in [1.165, 1.54) is 89.9 Å². The number of unbranched alkanes of at least 4 members (excludes halogenated alkanes) is 15. The molecule has 0 aliphatic carbocycles. The van der Waals surface area contributed by atoms with E-state index in [0.717, 1.165) is 12.8 Å². The molecule has 8 N–H and O–H groups in total. The Morgan fingerprint density at radius 1 is 0.455 bits per heavy atom. The molecule has 0 aromatic rings. The molecule has 0 amide bonds. The van der Waals surface area contributed by atoms with E-state index in [4.69, 9.17) is 0 Å². The summed E-state index contributed by atoms with van der Waals surface area (Å²) in [5, 5.41) is 10.3. The Labute approximate surface area is 146 Å². The first-order valence-corrected chi connectivity index (χ1v) is 9.00. The molecule has 0 atom stereocenters. The number of halogens is 1. The van der Waals surface area contributed by atoms with Gasteiger partial charge in [0.15, 0.2) is 0 Å². The van der Waals surface area contributed by atoms with Gasteiger partial charge in [-0.15, -0.1) is 6.61 Å². The molecule has 0 aliphatic rings. The van der Waals surface area contributed by atoms with Gasteiger partial charge in [-0.25, -0.2) is 0 Å². The first kappa shape index (κ1) is 30.1. The van der Waals surface area contributed by atoms with Crippen molar-refractivity contribution in [2.45, 2.75) is 110 Å². The topological polar surface area (TPSA) is 96.1 Å². The predicted molar refractivity (Wildman–Crippen MR) is 96.4 cm³/mol. The Hall–Kier alpha value is 0.170. The van der Waals surface area contributed by atoms with E-state index in [0.29, 0.717) is 0 Å². The van der Waals surface area contributed by atoms with Gasteiger partial charge < -0.3 is 29.8 Å². The Bertz CT molecular complexity index is 144. The maximum absolute atomic E-state index is 10.3. The van der Waals surface area contributed by atoms with Gasteiger partial charge in [0.25, 0.3) is 0 Å². The van der Waals surface area contributed by atoms with Crippen LogP contribution in [0, 0.1) is 0 Å². The third kappa shape index (κ3) is 28.3. The number of hydrogen-bond donors (Lipinski definition) is 2. The van der Waals surface area contributed by atoms with Crippen LogP contribution in [-0.2, 0) is 0 Å². The first-order valence-electron chi connectivity index (χ1n) is 9.00. The molecule has 0 fully saturated rings. The summed E-state index contributed by atoms with van der Waals surface area (Å²) in [4.78, 5) is 0. The van der Waals surface area contributed by atoms with Crippen LogP contribution in [0.15, 0.2) is 0 Å². The predicted octanol–water partition coefficient (Wildman–Crippen LogP) is 3.36. The SMILES string of the molecule is CCCCCCCCCCCCCCCCCC[O-].[Cl-].[NH4+].[NH4+]. The maximum atomic E-state index is 10.3. The van der Waals surface area contributed by atoms with Crippen LogP contribution in [0.3, 0.4) is 0 Å². The molecule has 0 aliphatic heterocycles. The van der Waals surface area contributed by atoms with Crippen LogP contribution in [0.4, 0.5) is 0 Å². The average molecular weight is 341 g/mol. The van der Waals surface area contributed by atoms with E-state index >= 15 is 0 Å². The van der Waals surface area contributed by atoms with Gasteiger partial charge in [0.1, 0.15) is 0 Å². The third-order valence-electron chi connectivity index (χ3n) is 4.00. The molecule has 0 bridgehead atoms. The molecule has 0 rings (SSSR count). The highest BCUT2D eigenvalue weighted by molar-refractivity contribution is 4.49. The van der Waals surface area contributed by atoms with Crippen molar-refractivity contribution >= 4 is 0 Å². The quantitative estimate of drug-likeness (QED) is 0.414. The van der Waals surface area contributed by atoms with Crippen LogP contribution in [0.1, 0.15) is 110 Å². The number of rotatable bonds is 16. The second-order valence-electron chi connectivity index (χ2n) is 6.01. The van der Waals surface area contributed by atoms with E-state index in [9.17, 15) is 5.11 Å². The van der Waals surface area contributed by atoms with E-state index < -0.39 is 0 Å². The fraction of sp³-hybridized carbons (Fsp3) is 1.00. The standard InChI is InChI=1S/C18H37O.ClH.2H3N/c1-2-3-4-5-6-7-8-9-10-11-12-13-14-15-16-17-18-19;;;/h2-18H2,1H3;1H;2*1H3/q-1;;;/p+1. The van der Waals surface area contributed by atoms with Gasteiger partial charge in [-0.05, 0) is 0 Å². The molecule has 0 saturated carbocycles. The molecule has 3 nitrogen and oxygen atoms in total. The van der Waals surface area contributed by atoms with Gasteiger partial charge in [-0.3, -0.25) is 0 Å². The zero-order valence-electron chi connectivity index (χ0n) is 15.8. The molecular weight excluding hydrogens is 296 g/mol. The van der Waals surface area contributed by atoms with E-state index in [-0.39, 0.29) is 31.3 Å². The number of hydrogen-bond acceptors (Lipinski definition) is 1. The van der Waals surface area contributed by atoms with Crippen LogP contribution in [0.2, 0.25) is 0 Å². The highest BCUT2D eigenvalue weighted by Gasteiger charge is 1.93. The highest BCUT2D eigenvalue weighted by Crippen LogP contribution is 2.13. The Balaban J connectivity index is -0.000000540. The first-order chi connectivity index (χ1) is 9.41. The second kappa shape index (κ2) is 29.2. The van der Waals surface area contributed by atoms with Crippen LogP contribution < -0.4 is 29.8 Å². The van der Waals surface area contributed by atoms with Gasteiger partial charge in [0.05, 0.1) is 0 Å². The van der Waals surface area contributed by atoms with Gasteiger partial charge in [0, 0.05) is 0 Å². The summed E-state index contributed by atoms with van der Waals surface area (Å²) in [6.07, 6.45) is 21.8. The van der Waals surface area contributed by atoms with Crippen molar-refractivity contribution in [1.29, 1.82) is 0 Å². The minimum absolute atomic E-state index is 0. The monoisotopic (exact) mass is 340 g/mol. The largest absolute Gasteiger partial charge is 1.00 e. The van der Waals surface area contributed by atoms with Crippen LogP contribution >= 0.6 is 0 Å². The van der Waals surface area contributed by atoms with Crippen molar-refractivity contribution < 1.29 is 17.5 Å². The minimum atomic E-state index is 0. The zero-order chi connectivity index (χ0) is 14.0. The molecule has 4 heteroatoms. The molecule has 22 heavy (non-hydrogen) atoms. The van der Waals surface area contributed by atoms with Gasteiger partial charge in [0.2, 0.25) is 0 Å². The fourth-order valence-electron chi connectivity index (χ4n) is 2.65. The lowest BCUT2D eigenvalue weighted by atomic mass is 10.0. The van der Waals surface area contributed by atoms with Crippen molar-refractivity contribution in [2.24, 2.45) is 0 Å². The lowest BCUT2D eigenvalue weighted by molar-refractivity contribution is -0.368. The van der Waals surface area contributed by atoms with Crippen molar-refractivity contribution in [3.05, 3.63) is 0 Å². The van der Waals surface area contributed by atoms with Crippen LogP contribution in [0.5, 0.6) is 0 Å². The summed E-state index contributed by atoms with van der Waals surface area (Å²) in [6.45, 7) is 2.41. The molecule has 0 radical (unpaired) electrons. The molecule has 0 aromatic heterocycles. The highest BCUT2D eigenvalue weighted by atomic mass is 35.5. The van der Waals surface area contributed by atoms with Gasteiger partial charge in [-0.1, -0.05) is 110 Å². The van der Waals surface area contributed by atoms with Crippen LogP contribution in [0.25, 0.3) is 0 Å². The summed E-state index contributed by atoms with van der Waals surface area (Å²) in [6, 6.07) is 0. The third-order valence-corrected chi connectivity index (χ3v) is 4.00. The molecular formula is C18H45ClN2O. The number of quaternary nitrogens is 2. The fourth-order valence-corrected chi connectivity index (χ4v) is 2.65. The molecule has 0 unspecified atom stereocenters. The van der Waals surface area contributed by atoms with Gasteiger partial charge in [-0.2, -0.15) is 0 Å². The van der Waals surface area contributed by atoms with Crippen molar-refractivity contribution in [3.63, 3.8) is 0 Å². The summed E-state index contributed by atoms with van der Waals surface area (Å²) < 4.78 is 0. The lowest BCUT2D eigenvalue weighted by Crippen LogP contribution is -3.00. The Kier molecular flexibility index (Phi) is 40.0. The Morgan fingerprint density at radius 3 is 0.909 bits per heavy atom. The second-order valence-corrected chi connectivity index (χ2v) is 6.01. The average Bonchev–Trinajstić information content (AvgIpc) is 2.43. The van der Waals surface area contributed by atoms with Crippen molar-refractivity contribution in [2.75, 3.05) is 6.61 Å². The Morgan fingerprint density at radius 2 is 0.682 bits per heavy atom. The van der Waals surface area contributed by atoms with E-state index in [1.807, 2.05) is 0 Å². The van der Waals surface area contributed by atoms with Crippen LogP contribution in [-0.4, -0.2) is 6.61 Å². The minimum Gasteiger partial charge on any atom is -1.00 e. The summed E-state index contributed by atoms with van der Waals surface area (Å²) in [5.41, 5.74) is 0. The molecule has 0 aromatic carbocycles. The summed E-state index contributed by atoms with van der Waals surface area (Å²) in [5.74, 6) is 0. The smallest absolute Gasteiger partial charge is 0.0533 e. The summed E-state index contributed by atoms with van der Waals surface area (Å²) in [7, 11) is 0. The lowest BCUT2D eigenvalue weighted by Gasteiger charge is -2.04.